The molecule has 2 aliphatic heterocycles. The van der Waals surface area contributed by atoms with Crippen LogP contribution in [-0.2, 0) is 27.4 Å². The van der Waals surface area contributed by atoms with Crippen molar-refractivity contribution >= 4 is 11.8 Å². The van der Waals surface area contributed by atoms with E-state index in [0.717, 1.165) is 24.5 Å². The molecule has 2 aromatic rings. The third-order valence-electron chi connectivity index (χ3n) is 7.82. The molecule has 212 valence electrons. The molecule has 0 aliphatic carbocycles. The summed E-state index contributed by atoms with van der Waals surface area (Å²) in [6.07, 6.45) is 1.17. The largest absolute Gasteiger partial charge is 0.389 e. The summed E-state index contributed by atoms with van der Waals surface area (Å²) >= 11 is 0. The zero-order valence-electron chi connectivity index (χ0n) is 22.6. The molecular weight excluding hydrogens is 504 g/mol. The molecule has 4 rings (SSSR count). The van der Waals surface area contributed by atoms with E-state index in [-0.39, 0.29) is 24.3 Å². The smallest absolute Gasteiger partial charge is 0.226 e. The highest BCUT2D eigenvalue weighted by Crippen LogP contribution is 2.26. The number of hydrogen-bond acceptors (Lipinski definition) is 5. The quantitative estimate of drug-likeness (QED) is 0.383. The average Bonchev–Trinajstić information content (AvgIpc) is 3.50. The van der Waals surface area contributed by atoms with Gasteiger partial charge in [-0.05, 0) is 42.5 Å². The molecule has 3 N–H and O–H groups in total. The van der Waals surface area contributed by atoms with Crippen LogP contribution in [0.5, 0.6) is 0 Å². The third kappa shape index (κ3) is 7.62. The lowest BCUT2D eigenvalue weighted by atomic mass is 9.92. The molecule has 0 spiro atoms. The molecule has 2 aliphatic rings. The van der Waals surface area contributed by atoms with Crippen molar-refractivity contribution in [3.63, 3.8) is 0 Å². The normalized spacial score (nSPS) is 24.6. The summed E-state index contributed by atoms with van der Waals surface area (Å²) in [5.41, 5.74) is 1.37. The number of carbonyl (C=O) groups is 2. The van der Waals surface area contributed by atoms with Gasteiger partial charge in [-0.1, -0.05) is 50.6 Å². The molecule has 9 heteroatoms. The van der Waals surface area contributed by atoms with Gasteiger partial charge in [-0.2, -0.15) is 0 Å². The summed E-state index contributed by atoms with van der Waals surface area (Å²) in [4.78, 5) is 27.8. The molecular formula is C30H39F2N3O4. The van der Waals surface area contributed by atoms with E-state index in [1.165, 1.54) is 12.1 Å². The van der Waals surface area contributed by atoms with E-state index in [2.05, 4.69) is 10.6 Å². The minimum atomic E-state index is -1.05. The molecule has 2 fully saturated rings. The Bertz CT molecular complexity index is 1100. The maximum Gasteiger partial charge on any atom is 0.226 e. The van der Waals surface area contributed by atoms with Crippen molar-refractivity contribution in [1.82, 2.24) is 15.5 Å². The van der Waals surface area contributed by atoms with Crippen LogP contribution in [0.25, 0.3) is 0 Å². The van der Waals surface area contributed by atoms with E-state index >= 15 is 0 Å². The number of rotatable bonds is 12. The maximum atomic E-state index is 13.9. The Labute approximate surface area is 228 Å². The number of ether oxygens (including phenoxy) is 1. The van der Waals surface area contributed by atoms with Crippen LogP contribution in [0.3, 0.4) is 0 Å². The fraction of sp³-hybridized carbons (Fsp3) is 0.533. The van der Waals surface area contributed by atoms with E-state index in [9.17, 15) is 23.5 Å². The minimum Gasteiger partial charge on any atom is -0.389 e. The van der Waals surface area contributed by atoms with Crippen LogP contribution in [0.15, 0.2) is 48.5 Å². The van der Waals surface area contributed by atoms with Gasteiger partial charge in [0.05, 0.1) is 30.8 Å². The molecule has 6 atom stereocenters. The fourth-order valence-electron chi connectivity index (χ4n) is 5.52. The van der Waals surface area contributed by atoms with Gasteiger partial charge in [0.2, 0.25) is 11.8 Å². The molecule has 2 aromatic carbocycles. The Kier molecular flexibility index (Phi) is 10.0. The standard InChI is InChI=1S/C30H39F2N3O4/c1-3-4-10-35-17-25(19(2)30(35)38)29(37)34-27(13-21-11-22(31)14-23(32)12-21)28(36)26-15-24(16-33-26)39-18-20-8-6-5-7-9-20/h5-9,11-12,14,19,24-28,33,36H,3-4,10,13,15-18H2,1-2H3,(H,34,37)/t19?,24-,25?,26-,27+,28-/m1/s1. The summed E-state index contributed by atoms with van der Waals surface area (Å²) in [6.45, 7) is 5.70. The molecule has 2 heterocycles. The Morgan fingerprint density at radius 2 is 1.90 bits per heavy atom. The van der Waals surface area contributed by atoms with E-state index < -0.39 is 41.7 Å². The van der Waals surface area contributed by atoms with Crippen LogP contribution in [-0.4, -0.2) is 65.7 Å². The van der Waals surface area contributed by atoms with Gasteiger partial charge in [0.25, 0.3) is 0 Å². The van der Waals surface area contributed by atoms with Gasteiger partial charge in [0, 0.05) is 37.7 Å². The molecule has 0 aromatic heterocycles. The van der Waals surface area contributed by atoms with Crippen LogP contribution < -0.4 is 10.6 Å². The number of nitrogens with zero attached hydrogens (tertiary/aromatic N) is 1. The van der Waals surface area contributed by atoms with Crippen LogP contribution >= 0.6 is 0 Å². The highest BCUT2D eigenvalue weighted by Gasteiger charge is 2.43. The second-order valence-electron chi connectivity index (χ2n) is 10.8. The Morgan fingerprint density at radius 1 is 1.18 bits per heavy atom. The number of aliphatic hydroxyl groups excluding tert-OH is 1. The maximum absolute atomic E-state index is 13.9. The number of amides is 2. The molecule has 0 saturated carbocycles. The molecule has 0 radical (unpaired) electrons. The first kappa shape index (κ1) is 29.1. The van der Waals surface area contributed by atoms with E-state index in [1.807, 2.05) is 37.3 Å². The van der Waals surface area contributed by atoms with Gasteiger partial charge in [-0.25, -0.2) is 8.78 Å². The highest BCUT2D eigenvalue weighted by atomic mass is 19.1. The summed E-state index contributed by atoms with van der Waals surface area (Å²) < 4.78 is 33.9. The number of carbonyl (C=O) groups excluding carboxylic acids is 2. The van der Waals surface area contributed by atoms with Crippen LogP contribution in [0, 0.1) is 23.5 Å². The number of halogens is 2. The van der Waals surface area contributed by atoms with E-state index in [4.69, 9.17) is 4.74 Å². The molecule has 39 heavy (non-hydrogen) atoms. The zero-order valence-corrected chi connectivity index (χ0v) is 22.6. The molecule has 2 amide bonds. The topological polar surface area (TPSA) is 90.9 Å². The number of aliphatic hydroxyl groups is 1. The van der Waals surface area contributed by atoms with Crippen LogP contribution in [0.4, 0.5) is 8.78 Å². The van der Waals surface area contributed by atoms with Gasteiger partial charge in [0.1, 0.15) is 11.6 Å². The summed E-state index contributed by atoms with van der Waals surface area (Å²) in [6, 6.07) is 11.8. The fourth-order valence-corrected chi connectivity index (χ4v) is 5.52. The predicted octanol–water partition coefficient (Wildman–Crippen LogP) is 3.19. The first-order valence-corrected chi connectivity index (χ1v) is 13.9. The molecule has 7 nitrogen and oxygen atoms in total. The van der Waals surface area contributed by atoms with Gasteiger partial charge in [0.15, 0.2) is 0 Å². The van der Waals surface area contributed by atoms with E-state index in [0.29, 0.717) is 38.2 Å². The zero-order chi connectivity index (χ0) is 27.9. The SMILES string of the molecule is CCCCN1CC(C(=O)N[C@@H](Cc2cc(F)cc(F)c2)[C@H](O)[C@H]2C[C@@H](OCc3ccccc3)CN2)C(C)C1=O. The second-order valence-corrected chi connectivity index (χ2v) is 10.8. The van der Waals surface area contributed by atoms with Gasteiger partial charge < -0.3 is 25.4 Å². The Hall–Kier alpha value is -2.88. The van der Waals surface area contributed by atoms with Crippen LogP contribution in [0.2, 0.25) is 0 Å². The number of nitrogens with one attached hydrogen (secondary N) is 2. The van der Waals surface area contributed by atoms with Crippen molar-refractivity contribution in [2.45, 2.75) is 70.4 Å². The van der Waals surface area contributed by atoms with E-state index in [1.54, 1.807) is 11.8 Å². The van der Waals surface area contributed by atoms with Crippen molar-refractivity contribution < 1.29 is 28.2 Å². The monoisotopic (exact) mass is 543 g/mol. The molecule has 0 bridgehead atoms. The summed E-state index contributed by atoms with van der Waals surface area (Å²) in [5.74, 6) is -2.88. The lowest BCUT2D eigenvalue weighted by Crippen LogP contribution is -2.54. The first-order valence-electron chi connectivity index (χ1n) is 13.9. The van der Waals surface area contributed by atoms with Gasteiger partial charge in [-0.3, -0.25) is 9.59 Å². The lowest BCUT2D eigenvalue weighted by Gasteiger charge is -2.30. The average molecular weight is 544 g/mol. The summed E-state index contributed by atoms with van der Waals surface area (Å²) in [7, 11) is 0. The summed E-state index contributed by atoms with van der Waals surface area (Å²) in [5, 5.41) is 17.6. The van der Waals surface area contributed by atoms with Gasteiger partial charge >= 0.3 is 0 Å². The second kappa shape index (κ2) is 13.5. The molecule has 2 saturated heterocycles. The Morgan fingerprint density at radius 3 is 2.59 bits per heavy atom. The van der Waals surface area contributed by atoms with Crippen LogP contribution in [0.1, 0.15) is 44.2 Å². The van der Waals surface area contributed by atoms with Crippen molar-refractivity contribution in [2.24, 2.45) is 11.8 Å². The lowest BCUT2D eigenvalue weighted by molar-refractivity contribution is -0.133. The molecule has 2 unspecified atom stereocenters. The van der Waals surface area contributed by atoms with Crippen molar-refractivity contribution in [3.8, 4) is 0 Å². The van der Waals surface area contributed by atoms with Gasteiger partial charge in [-0.15, -0.1) is 0 Å². The Balaban J connectivity index is 1.44. The number of likely N-dealkylation sites (tertiary alicyclic amines) is 1. The van der Waals surface area contributed by atoms with Crippen molar-refractivity contribution in [2.75, 3.05) is 19.6 Å². The van der Waals surface area contributed by atoms with Crippen molar-refractivity contribution in [3.05, 3.63) is 71.3 Å². The highest BCUT2D eigenvalue weighted by molar-refractivity contribution is 5.91. The predicted molar refractivity (Wildman–Crippen MR) is 144 cm³/mol. The third-order valence-corrected chi connectivity index (χ3v) is 7.82. The number of benzene rings is 2. The first-order chi connectivity index (χ1) is 18.7. The number of hydrogen-bond donors (Lipinski definition) is 3. The number of unbranched alkanes of at least 4 members (excludes halogenated alkanes) is 1. The van der Waals surface area contributed by atoms with Crippen molar-refractivity contribution in [1.29, 1.82) is 0 Å². The minimum absolute atomic E-state index is 0.0316.